The van der Waals surface area contributed by atoms with Gasteiger partial charge in [0.05, 0.1) is 0 Å². The highest BCUT2D eigenvalue weighted by Crippen LogP contribution is 2.15. The summed E-state index contributed by atoms with van der Waals surface area (Å²) in [7, 11) is 0. The molecule has 0 aliphatic heterocycles. The second-order valence-corrected chi connectivity index (χ2v) is 4.66. The molecular formula is C14H12BrNO. The first-order valence-corrected chi connectivity index (χ1v) is 6.09. The van der Waals surface area contributed by atoms with Gasteiger partial charge in [0.15, 0.2) is 5.78 Å². The molecule has 0 heterocycles. The summed E-state index contributed by atoms with van der Waals surface area (Å²) in [5.41, 5.74) is 7.88. The van der Waals surface area contributed by atoms with Gasteiger partial charge >= 0.3 is 0 Å². The summed E-state index contributed by atoms with van der Waals surface area (Å²) in [5, 5.41) is 0. The van der Waals surface area contributed by atoms with Gasteiger partial charge < -0.3 is 5.73 Å². The Morgan fingerprint density at radius 2 is 1.76 bits per heavy atom. The second kappa shape index (κ2) is 5.25. The molecule has 0 radical (unpaired) electrons. The predicted octanol–water partition coefficient (Wildman–Crippen LogP) is 3.14. The molecule has 2 rings (SSSR count). The highest BCUT2D eigenvalue weighted by Gasteiger charge is 2.08. The Bertz CT molecular complexity index is 534. The highest BCUT2D eigenvalue weighted by molar-refractivity contribution is 9.10. The molecule has 0 saturated carbocycles. The maximum atomic E-state index is 12.2. The van der Waals surface area contributed by atoms with Crippen LogP contribution in [0.3, 0.4) is 0 Å². The molecule has 2 N–H and O–H groups in total. The molecular weight excluding hydrogens is 278 g/mol. The van der Waals surface area contributed by atoms with Crippen LogP contribution in [0.5, 0.6) is 0 Å². The van der Waals surface area contributed by atoms with Gasteiger partial charge in [-0.1, -0.05) is 34.1 Å². The predicted molar refractivity (Wildman–Crippen MR) is 71.9 cm³/mol. The summed E-state index contributed by atoms with van der Waals surface area (Å²) in [4.78, 5) is 12.2. The first-order chi connectivity index (χ1) is 8.20. The average molecular weight is 290 g/mol. The molecule has 0 aromatic heterocycles. The molecule has 86 valence electrons. The fourth-order valence-corrected chi connectivity index (χ4v) is 1.87. The molecule has 0 bridgehead atoms. The zero-order chi connectivity index (χ0) is 12.3. The van der Waals surface area contributed by atoms with Crippen molar-refractivity contribution in [2.45, 2.75) is 6.54 Å². The van der Waals surface area contributed by atoms with E-state index in [-0.39, 0.29) is 5.78 Å². The van der Waals surface area contributed by atoms with Crippen molar-refractivity contribution in [3.63, 3.8) is 0 Å². The van der Waals surface area contributed by atoms with E-state index >= 15 is 0 Å². The fraction of sp³-hybridized carbons (Fsp3) is 0.0714. The quantitative estimate of drug-likeness (QED) is 0.882. The fourth-order valence-electron chi connectivity index (χ4n) is 1.61. The van der Waals surface area contributed by atoms with Gasteiger partial charge in [-0.3, -0.25) is 4.79 Å². The number of ketones is 1. The third-order valence-electron chi connectivity index (χ3n) is 2.53. The number of hydrogen-bond acceptors (Lipinski definition) is 2. The Labute approximate surface area is 109 Å². The molecule has 0 unspecified atom stereocenters. The van der Waals surface area contributed by atoms with Crippen molar-refractivity contribution in [3.05, 3.63) is 69.7 Å². The van der Waals surface area contributed by atoms with Crippen molar-refractivity contribution in [3.8, 4) is 0 Å². The summed E-state index contributed by atoms with van der Waals surface area (Å²) >= 11 is 3.35. The van der Waals surface area contributed by atoms with Gasteiger partial charge in [0.25, 0.3) is 0 Å². The lowest BCUT2D eigenvalue weighted by molar-refractivity contribution is 0.103. The molecule has 0 fully saturated rings. The monoisotopic (exact) mass is 289 g/mol. The number of carbonyl (C=O) groups is 1. The summed E-state index contributed by atoms with van der Waals surface area (Å²) in [6.07, 6.45) is 0. The number of carbonyl (C=O) groups excluding carboxylic acids is 1. The average Bonchev–Trinajstić information content (AvgIpc) is 2.39. The van der Waals surface area contributed by atoms with Gasteiger partial charge in [-0.15, -0.1) is 0 Å². The molecule has 0 atom stereocenters. The zero-order valence-electron chi connectivity index (χ0n) is 9.19. The molecule has 2 aromatic carbocycles. The van der Waals surface area contributed by atoms with E-state index in [9.17, 15) is 4.79 Å². The van der Waals surface area contributed by atoms with Gasteiger partial charge in [-0.05, 0) is 35.9 Å². The van der Waals surface area contributed by atoms with Gasteiger partial charge in [0.1, 0.15) is 0 Å². The van der Waals surface area contributed by atoms with Crippen LogP contribution in [0.4, 0.5) is 0 Å². The Morgan fingerprint density at radius 3 is 2.41 bits per heavy atom. The number of nitrogens with two attached hydrogens (primary N) is 1. The van der Waals surface area contributed by atoms with E-state index in [1.165, 1.54) is 0 Å². The van der Waals surface area contributed by atoms with E-state index in [1.54, 1.807) is 0 Å². The van der Waals surface area contributed by atoms with Crippen molar-refractivity contribution in [1.82, 2.24) is 0 Å². The van der Waals surface area contributed by atoms with Crippen LogP contribution in [0.25, 0.3) is 0 Å². The van der Waals surface area contributed by atoms with Crippen molar-refractivity contribution in [1.29, 1.82) is 0 Å². The Morgan fingerprint density at radius 1 is 1.06 bits per heavy atom. The number of halogens is 1. The summed E-state index contributed by atoms with van der Waals surface area (Å²) < 4.78 is 0.963. The Balaban J connectivity index is 2.33. The van der Waals surface area contributed by atoms with Crippen molar-refractivity contribution >= 4 is 21.7 Å². The van der Waals surface area contributed by atoms with Crippen LogP contribution in [0.1, 0.15) is 21.5 Å². The second-order valence-electron chi connectivity index (χ2n) is 3.74. The van der Waals surface area contributed by atoms with Crippen molar-refractivity contribution in [2.75, 3.05) is 0 Å². The molecule has 0 saturated heterocycles. The minimum atomic E-state index is 0.0211. The minimum absolute atomic E-state index is 0.0211. The maximum Gasteiger partial charge on any atom is 0.193 e. The largest absolute Gasteiger partial charge is 0.326 e. The van der Waals surface area contributed by atoms with Crippen LogP contribution in [0, 0.1) is 0 Å². The van der Waals surface area contributed by atoms with E-state index in [0.717, 1.165) is 10.0 Å². The molecule has 0 aliphatic rings. The van der Waals surface area contributed by atoms with Gasteiger partial charge in [0.2, 0.25) is 0 Å². The number of hydrogen-bond donors (Lipinski definition) is 1. The smallest absolute Gasteiger partial charge is 0.193 e. The molecule has 17 heavy (non-hydrogen) atoms. The molecule has 3 heteroatoms. The lowest BCUT2D eigenvalue weighted by Crippen LogP contribution is -2.03. The number of rotatable bonds is 3. The summed E-state index contributed by atoms with van der Waals surface area (Å²) in [6.45, 7) is 0.446. The van der Waals surface area contributed by atoms with Crippen LogP contribution < -0.4 is 5.73 Å². The zero-order valence-corrected chi connectivity index (χ0v) is 10.8. The van der Waals surface area contributed by atoms with Crippen LogP contribution in [0.2, 0.25) is 0 Å². The molecule has 0 aliphatic carbocycles. The van der Waals surface area contributed by atoms with Crippen LogP contribution in [-0.4, -0.2) is 5.78 Å². The third kappa shape index (κ3) is 2.81. The highest BCUT2D eigenvalue weighted by atomic mass is 79.9. The lowest BCUT2D eigenvalue weighted by Gasteiger charge is -2.03. The van der Waals surface area contributed by atoms with Gasteiger partial charge in [0, 0.05) is 22.1 Å². The topological polar surface area (TPSA) is 43.1 Å². The van der Waals surface area contributed by atoms with Crippen LogP contribution >= 0.6 is 15.9 Å². The molecule has 0 spiro atoms. The van der Waals surface area contributed by atoms with E-state index < -0.39 is 0 Å². The maximum absolute atomic E-state index is 12.2. The Hall–Kier alpha value is -1.45. The van der Waals surface area contributed by atoms with Gasteiger partial charge in [-0.2, -0.15) is 0 Å². The first-order valence-electron chi connectivity index (χ1n) is 5.30. The summed E-state index contributed by atoms with van der Waals surface area (Å²) in [5.74, 6) is 0.0211. The first kappa shape index (κ1) is 12.0. The van der Waals surface area contributed by atoms with Crippen LogP contribution in [0.15, 0.2) is 53.0 Å². The van der Waals surface area contributed by atoms with E-state index in [0.29, 0.717) is 17.7 Å². The third-order valence-corrected chi connectivity index (χ3v) is 3.06. The Kier molecular flexibility index (Phi) is 3.71. The van der Waals surface area contributed by atoms with E-state index in [1.807, 2.05) is 48.5 Å². The molecule has 2 nitrogen and oxygen atoms in total. The summed E-state index contributed by atoms with van der Waals surface area (Å²) in [6, 6.07) is 14.8. The van der Waals surface area contributed by atoms with Crippen LogP contribution in [-0.2, 0) is 6.54 Å². The van der Waals surface area contributed by atoms with E-state index in [4.69, 9.17) is 5.73 Å². The standard InChI is InChI=1S/C14H12BrNO/c15-13-6-4-11(5-7-13)14(17)12-3-1-2-10(8-12)9-16/h1-8H,9,16H2. The number of benzene rings is 2. The SMILES string of the molecule is NCc1cccc(C(=O)c2ccc(Br)cc2)c1. The molecule has 0 amide bonds. The minimum Gasteiger partial charge on any atom is -0.326 e. The van der Waals surface area contributed by atoms with Crippen molar-refractivity contribution in [2.24, 2.45) is 5.73 Å². The normalized spacial score (nSPS) is 10.2. The lowest BCUT2D eigenvalue weighted by atomic mass is 10.0. The van der Waals surface area contributed by atoms with Crippen molar-refractivity contribution < 1.29 is 4.79 Å². The van der Waals surface area contributed by atoms with E-state index in [2.05, 4.69) is 15.9 Å². The molecule has 2 aromatic rings. The van der Waals surface area contributed by atoms with Gasteiger partial charge in [-0.25, -0.2) is 0 Å².